The molecule has 10 aromatic rings. The van der Waals surface area contributed by atoms with Crippen LogP contribution in [0.2, 0.25) is 0 Å². The summed E-state index contributed by atoms with van der Waals surface area (Å²) in [7, 11) is 0. The minimum Gasteiger partial charge on any atom is -0.307 e. The maximum atomic E-state index is 4.77. The van der Waals surface area contributed by atoms with Crippen molar-refractivity contribution in [2.45, 2.75) is 19.3 Å². The summed E-state index contributed by atoms with van der Waals surface area (Å²) in [5.74, 6) is 0.662. The zero-order valence-corrected chi connectivity index (χ0v) is 28.3. The van der Waals surface area contributed by atoms with Gasteiger partial charge in [0.15, 0.2) is 0 Å². The molecule has 11 rings (SSSR count). The van der Waals surface area contributed by atoms with Crippen LogP contribution in [0.5, 0.6) is 0 Å². The second-order valence-electron chi connectivity index (χ2n) is 14.3. The lowest BCUT2D eigenvalue weighted by Gasteiger charge is -2.21. The quantitative estimate of drug-likeness (QED) is 0.190. The van der Waals surface area contributed by atoms with E-state index in [4.69, 9.17) is 9.97 Å². The Hall–Kier alpha value is -6.52. The molecule has 0 radical (unpaired) electrons. The molecular formula is C47H32N4. The van der Waals surface area contributed by atoms with Crippen LogP contribution in [0.4, 0.5) is 0 Å². The van der Waals surface area contributed by atoms with Crippen molar-refractivity contribution in [1.29, 1.82) is 0 Å². The lowest BCUT2D eigenvalue weighted by atomic mass is 9.82. The molecular weight excluding hydrogens is 621 g/mol. The lowest BCUT2D eigenvalue weighted by molar-refractivity contribution is 0.660. The zero-order chi connectivity index (χ0) is 33.8. The predicted molar refractivity (Wildman–Crippen MR) is 211 cm³/mol. The van der Waals surface area contributed by atoms with Crippen molar-refractivity contribution >= 4 is 54.4 Å². The van der Waals surface area contributed by atoms with E-state index < -0.39 is 0 Å². The van der Waals surface area contributed by atoms with Crippen molar-refractivity contribution < 1.29 is 0 Å². The third-order valence-corrected chi connectivity index (χ3v) is 11.2. The highest BCUT2D eigenvalue weighted by Gasteiger charge is 2.35. The molecule has 0 atom stereocenters. The number of hydrogen-bond donors (Lipinski definition) is 0. The van der Waals surface area contributed by atoms with Crippen LogP contribution in [0, 0.1) is 0 Å². The molecule has 0 fully saturated rings. The first-order valence-electron chi connectivity index (χ1n) is 17.6. The number of para-hydroxylation sites is 1. The molecule has 1 aliphatic carbocycles. The number of benzene rings is 7. The van der Waals surface area contributed by atoms with Gasteiger partial charge < -0.3 is 4.57 Å². The maximum absolute atomic E-state index is 4.77. The van der Waals surface area contributed by atoms with E-state index in [9.17, 15) is 0 Å². The van der Waals surface area contributed by atoms with Crippen molar-refractivity contribution in [2.24, 2.45) is 0 Å². The number of fused-ring (bicyclic) bond motifs is 12. The van der Waals surface area contributed by atoms with Gasteiger partial charge in [-0.1, -0.05) is 123 Å². The van der Waals surface area contributed by atoms with E-state index in [0.717, 1.165) is 22.2 Å². The van der Waals surface area contributed by atoms with Gasteiger partial charge in [-0.05, 0) is 80.6 Å². The number of hydrogen-bond acceptors (Lipinski definition) is 2. The Labute approximate surface area is 294 Å². The van der Waals surface area contributed by atoms with Crippen LogP contribution in [-0.4, -0.2) is 19.1 Å². The van der Waals surface area contributed by atoms with E-state index in [-0.39, 0.29) is 5.41 Å². The second-order valence-corrected chi connectivity index (χ2v) is 14.3. The summed E-state index contributed by atoms with van der Waals surface area (Å²) in [6.07, 6.45) is 3.65. The fourth-order valence-electron chi connectivity index (χ4n) is 8.90. The van der Waals surface area contributed by atoms with Gasteiger partial charge in [0.25, 0.3) is 0 Å². The molecule has 7 aromatic carbocycles. The smallest absolute Gasteiger partial charge is 0.234 e. The van der Waals surface area contributed by atoms with Crippen LogP contribution >= 0.6 is 0 Å². The molecule has 1 aliphatic rings. The van der Waals surface area contributed by atoms with Gasteiger partial charge in [-0.3, -0.25) is 4.57 Å². The Bertz CT molecular complexity index is 3040. The van der Waals surface area contributed by atoms with Crippen molar-refractivity contribution in [2.75, 3.05) is 0 Å². The first-order chi connectivity index (χ1) is 25.1. The van der Waals surface area contributed by atoms with Gasteiger partial charge in [0.2, 0.25) is 5.95 Å². The van der Waals surface area contributed by atoms with Crippen molar-refractivity contribution in [3.63, 3.8) is 0 Å². The van der Waals surface area contributed by atoms with Gasteiger partial charge in [-0.2, -0.15) is 0 Å². The van der Waals surface area contributed by atoms with E-state index in [2.05, 4.69) is 163 Å². The van der Waals surface area contributed by atoms with E-state index in [1.807, 2.05) is 18.5 Å². The Kier molecular flexibility index (Phi) is 5.70. The van der Waals surface area contributed by atoms with Crippen LogP contribution in [0.3, 0.4) is 0 Å². The first-order valence-corrected chi connectivity index (χ1v) is 17.6. The Balaban J connectivity index is 1.19. The molecule has 0 saturated heterocycles. The van der Waals surface area contributed by atoms with Crippen LogP contribution in [0.15, 0.2) is 158 Å². The molecule has 4 heteroatoms. The molecule has 0 N–H and O–H groups in total. The van der Waals surface area contributed by atoms with E-state index in [1.165, 1.54) is 71.2 Å². The third kappa shape index (κ3) is 3.85. The fourth-order valence-corrected chi connectivity index (χ4v) is 8.90. The summed E-state index contributed by atoms with van der Waals surface area (Å²) in [5.41, 5.74) is 13.5. The summed E-state index contributed by atoms with van der Waals surface area (Å²) >= 11 is 0. The molecule has 0 saturated carbocycles. The SMILES string of the molecule is CC1(C)c2ccccc2-c2cc(-c3ccc(-n4c5ccc6ccccc6c5c5ccc6c7ccccc7n(-c7ncccn7)c6c54)cc3)ccc21. The Morgan fingerprint density at radius 2 is 1.16 bits per heavy atom. The van der Waals surface area contributed by atoms with Gasteiger partial charge in [-0.25, -0.2) is 9.97 Å². The van der Waals surface area contributed by atoms with Crippen molar-refractivity contribution in [3.05, 3.63) is 169 Å². The maximum Gasteiger partial charge on any atom is 0.234 e. The predicted octanol–water partition coefficient (Wildman–Crippen LogP) is 11.8. The first kappa shape index (κ1) is 28.3. The minimum atomic E-state index is -0.00634. The molecule has 3 heterocycles. The van der Waals surface area contributed by atoms with Gasteiger partial charge >= 0.3 is 0 Å². The van der Waals surface area contributed by atoms with E-state index in [1.54, 1.807) is 0 Å². The van der Waals surface area contributed by atoms with Crippen LogP contribution in [-0.2, 0) is 5.41 Å². The van der Waals surface area contributed by atoms with Gasteiger partial charge in [0.1, 0.15) is 0 Å². The highest BCUT2D eigenvalue weighted by Crippen LogP contribution is 2.50. The standard InChI is InChI=1S/C47H32N4/c1-47(2)39-14-7-5-12-34(39)38-28-31(18-24-40(38)47)29-16-20-32(21-17-29)50-42-25-19-30-10-3-4-11-33(30)43(42)37-23-22-36-35-13-6-8-15-41(35)51(44(36)45(37)50)46-48-26-9-27-49-46/h3-28H,1-2H3. The molecule has 0 unspecified atom stereocenters. The van der Waals surface area contributed by atoms with Crippen LogP contribution < -0.4 is 0 Å². The van der Waals surface area contributed by atoms with E-state index >= 15 is 0 Å². The number of aromatic nitrogens is 4. The molecule has 0 spiro atoms. The summed E-state index contributed by atoms with van der Waals surface area (Å²) in [6, 6.07) is 53.2. The van der Waals surface area contributed by atoms with Gasteiger partial charge in [-0.15, -0.1) is 0 Å². The summed E-state index contributed by atoms with van der Waals surface area (Å²) < 4.78 is 4.69. The average molecular weight is 653 g/mol. The second kappa shape index (κ2) is 10.3. The number of nitrogens with zero attached hydrogens (tertiary/aromatic N) is 4. The van der Waals surface area contributed by atoms with Gasteiger partial charge in [0, 0.05) is 45.0 Å². The van der Waals surface area contributed by atoms with Crippen molar-refractivity contribution in [3.8, 4) is 33.9 Å². The monoisotopic (exact) mass is 652 g/mol. The van der Waals surface area contributed by atoms with E-state index in [0.29, 0.717) is 5.95 Å². The normalized spacial score (nSPS) is 13.5. The molecule has 240 valence electrons. The molecule has 4 nitrogen and oxygen atoms in total. The summed E-state index contributed by atoms with van der Waals surface area (Å²) in [5, 5.41) is 7.29. The summed E-state index contributed by atoms with van der Waals surface area (Å²) in [4.78, 5) is 9.54. The topological polar surface area (TPSA) is 35.6 Å². The highest BCUT2D eigenvalue weighted by molar-refractivity contribution is 6.28. The summed E-state index contributed by atoms with van der Waals surface area (Å²) in [6.45, 7) is 4.67. The van der Waals surface area contributed by atoms with Crippen LogP contribution in [0.1, 0.15) is 25.0 Å². The lowest BCUT2D eigenvalue weighted by Crippen LogP contribution is -2.14. The number of rotatable bonds is 3. The Morgan fingerprint density at radius 1 is 0.471 bits per heavy atom. The van der Waals surface area contributed by atoms with Crippen molar-refractivity contribution in [1.82, 2.24) is 19.1 Å². The third-order valence-electron chi connectivity index (χ3n) is 11.2. The molecule has 3 aromatic heterocycles. The molecule has 0 amide bonds. The zero-order valence-electron chi connectivity index (χ0n) is 28.3. The Morgan fingerprint density at radius 3 is 2.02 bits per heavy atom. The fraction of sp³-hybridized carbons (Fsp3) is 0.0638. The van der Waals surface area contributed by atoms with Gasteiger partial charge in [0.05, 0.1) is 22.1 Å². The molecule has 0 bridgehead atoms. The largest absolute Gasteiger partial charge is 0.307 e. The average Bonchev–Trinajstić information content (AvgIpc) is 3.79. The van der Waals surface area contributed by atoms with Crippen LogP contribution in [0.25, 0.3) is 88.3 Å². The molecule has 0 aliphatic heterocycles. The molecule has 51 heavy (non-hydrogen) atoms. The highest BCUT2D eigenvalue weighted by atomic mass is 15.2. The minimum absolute atomic E-state index is 0.00634.